The molecule has 5 N–H and O–H groups in total. The van der Waals surface area contributed by atoms with Crippen molar-refractivity contribution in [2.24, 2.45) is 0 Å². The van der Waals surface area contributed by atoms with E-state index in [0.717, 1.165) is 0 Å². The minimum absolute atomic E-state index is 0.0274. The fourth-order valence-corrected chi connectivity index (χ4v) is 8.19. The first-order chi connectivity index (χ1) is 21.1. The largest absolute Gasteiger partial charge is 0.756 e. The van der Waals surface area contributed by atoms with Gasteiger partial charge in [-0.25, -0.2) is 18.6 Å². The van der Waals surface area contributed by atoms with Crippen LogP contribution in [-0.2, 0) is 62.0 Å². The molecule has 0 aromatic carbocycles. The third-order valence-corrected chi connectivity index (χ3v) is 10.7. The SMILES string of the molecule is Nc1nc(=S)c2ncn(C3OC(COP(=O)([O-])OP(=O)([O-])OP(=O)([O-])O)C4OC(C(=O)Nc5cscc5COC=O)OC43)c2[nH]1. The highest BCUT2D eigenvalue weighted by Crippen LogP contribution is 2.61. The summed E-state index contributed by atoms with van der Waals surface area (Å²) in [4.78, 5) is 77.5. The molecule has 0 aliphatic carbocycles. The van der Waals surface area contributed by atoms with E-state index in [1.807, 2.05) is 0 Å². The predicted octanol–water partition coefficient (Wildman–Crippen LogP) is -1.10. The molecule has 1 amide bonds. The third-order valence-electron chi connectivity index (χ3n) is 5.91. The molecule has 0 radical (unpaired) electrons. The highest BCUT2D eigenvalue weighted by molar-refractivity contribution is 7.71. The molecule has 3 aromatic heterocycles. The summed E-state index contributed by atoms with van der Waals surface area (Å²) in [5.74, 6) is -0.904. The molecule has 0 saturated carbocycles. The Morgan fingerprint density at radius 1 is 1.20 bits per heavy atom. The average Bonchev–Trinajstić information content (AvgIpc) is 3.68. The Labute approximate surface area is 258 Å². The zero-order chi connectivity index (χ0) is 32.7. The number of fused-ring (bicyclic) bond motifs is 2. The van der Waals surface area contributed by atoms with Crippen LogP contribution in [0.3, 0.4) is 0 Å². The number of nitrogen functional groups attached to an aromatic ring is 1. The Hall–Kier alpha value is -2.50. The molecule has 3 aromatic rings. The molecule has 8 atom stereocenters. The number of carbonyl (C=O) groups is 2. The number of phosphoric acid groups is 3. The van der Waals surface area contributed by atoms with Crippen LogP contribution in [0.1, 0.15) is 11.8 Å². The van der Waals surface area contributed by atoms with Gasteiger partial charge in [0, 0.05) is 10.9 Å². The number of nitrogens with zero attached hydrogens (tertiary/aromatic N) is 3. The van der Waals surface area contributed by atoms with Crippen molar-refractivity contribution in [2.75, 3.05) is 17.7 Å². The van der Waals surface area contributed by atoms with Crippen molar-refractivity contribution < 1.29 is 75.0 Å². The lowest BCUT2D eigenvalue weighted by Crippen LogP contribution is -2.34. The molecule has 0 bridgehead atoms. The van der Waals surface area contributed by atoms with Crippen molar-refractivity contribution in [3.8, 4) is 0 Å². The second kappa shape index (κ2) is 13.0. The van der Waals surface area contributed by atoms with Crippen molar-refractivity contribution in [2.45, 2.75) is 37.4 Å². The monoisotopic (exact) mass is 731 g/mol. The number of hydrogen-bond donors (Lipinski definition) is 4. The molecule has 2 fully saturated rings. The number of aromatic nitrogens is 4. The summed E-state index contributed by atoms with van der Waals surface area (Å²) in [7, 11) is -18.0. The van der Waals surface area contributed by atoms with Gasteiger partial charge in [-0.2, -0.15) is 0 Å². The summed E-state index contributed by atoms with van der Waals surface area (Å²) in [5, 5.41) is 5.75. The van der Waals surface area contributed by atoms with E-state index in [1.54, 1.807) is 10.8 Å². The van der Waals surface area contributed by atoms with Crippen LogP contribution >= 0.6 is 47.0 Å². The minimum atomic E-state index is -6.17. The molecule has 0 spiro atoms. The van der Waals surface area contributed by atoms with Crippen molar-refractivity contribution in [1.29, 1.82) is 0 Å². The molecule has 8 unspecified atom stereocenters. The number of hydrogen-bond acceptors (Lipinski definition) is 20. The number of imidazole rings is 1. The van der Waals surface area contributed by atoms with Crippen molar-refractivity contribution in [3.63, 3.8) is 0 Å². The number of amides is 1. The molecule has 2 aliphatic rings. The molecule has 22 nitrogen and oxygen atoms in total. The van der Waals surface area contributed by atoms with Gasteiger partial charge in [0.25, 0.3) is 35.8 Å². The number of nitrogens with one attached hydrogen (secondary N) is 2. The molecule has 27 heteroatoms. The van der Waals surface area contributed by atoms with Crippen molar-refractivity contribution in [1.82, 2.24) is 19.5 Å². The van der Waals surface area contributed by atoms with Crippen LogP contribution in [-0.4, -0.2) is 68.0 Å². The quantitative estimate of drug-likeness (QED) is 0.0920. The Morgan fingerprint density at radius 3 is 2.64 bits per heavy atom. The second-order valence-corrected chi connectivity index (χ2v) is 14.3. The van der Waals surface area contributed by atoms with Crippen LogP contribution in [0.5, 0.6) is 0 Å². The van der Waals surface area contributed by atoms with Crippen LogP contribution in [0.2, 0.25) is 0 Å². The highest BCUT2D eigenvalue weighted by Gasteiger charge is 2.55. The van der Waals surface area contributed by atoms with E-state index in [9.17, 15) is 38.0 Å². The van der Waals surface area contributed by atoms with Gasteiger partial charge in [-0.3, -0.25) is 27.9 Å². The smallest absolute Gasteiger partial charge is 0.293 e. The van der Waals surface area contributed by atoms with Gasteiger partial charge in [0.1, 0.15) is 36.1 Å². The number of anilines is 2. The highest BCUT2D eigenvalue weighted by atomic mass is 32.1. The summed E-state index contributed by atoms with van der Waals surface area (Å²) in [6, 6.07) is 0. The first-order valence-electron chi connectivity index (χ1n) is 11.9. The van der Waals surface area contributed by atoms with E-state index in [2.05, 4.69) is 33.4 Å². The molecule has 5 rings (SSSR count). The minimum Gasteiger partial charge on any atom is -0.756 e. The fraction of sp³-hybridized carbons (Fsp3) is 0.389. The Morgan fingerprint density at radius 2 is 1.93 bits per heavy atom. The van der Waals surface area contributed by atoms with E-state index in [-0.39, 0.29) is 34.8 Å². The molecule has 5 heterocycles. The molecular weight excluding hydrogens is 713 g/mol. The Balaban J connectivity index is 1.37. The maximum absolute atomic E-state index is 13.1. The lowest BCUT2D eigenvalue weighted by Gasteiger charge is -2.33. The first kappa shape index (κ1) is 33.9. The summed E-state index contributed by atoms with van der Waals surface area (Å²) in [6.07, 6.45) is -5.44. The molecule has 45 heavy (non-hydrogen) atoms. The second-order valence-electron chi connectivity index (χ2n) is 8.90. The number of rotatable bonds is 13. The van der Waals surface area contributed by atoms with Gasteiger partial charge in [0.2, 0.25) is 6.29 Å². The number of thiophene rings is 1. The van der Waals surface area contributed by atoms with E-state index in [4.69, 9.17) is 41.8 Å². The Bertz CT molecular complexity index is 1810. The number of phosphoric ester groups is 1. The maximum atomic E-state index is 13.1. The Kier molecular flexibility index (Phi) is 9.74. The van der Waals surface area contributed by atoms with Gasteiger partial charge >= 0.3 is 0 Å². The molecule has 2 saturated heterocycles. The van der Waals surface area contributed by atoms with Crippen LogP contribution in [0, 0.1) is 4.64 Å². The summed E-state index contributed by atoms with van der Waals surface area (Å²) >= 11 is 6.38. The van der Waals surface area contributed by atoms with E-state index < -0.39 is 66.8 Å². The van der Waals surface area contributed by atoms with Gasteiger partial charge in [-0.1, -0.05) is 12.2 Å². The van der Waals surface area contributed by atoms with Gasteiger partial charge in [-0.05, 0) is 5.38 Å². The normalized spacial score (nSPS) is 26.9. The summed E-state index contributed by atoms with van der Waals surface area (Å²) in [6.45, 7) is -0.921. The van der Waals surface area contributed by atoms with Crippen molar-refractivity contribution in [3.05, 3.63) is 27.3 Å². The lowest BCUT2D eigenvalue weighted by atomic mass is 10.1. The molecular formula is C18H18N6O16P3S2-3. The first-order valence-corrected chi connectivity index (χ1v) is 17.7. The van der Waals surface area contributed by atoms with Crippen LogP contribution < -0.4 is 25.7 Å². The number of H-pyrrole nitrogens is 1. The van der Waals surface area contributed by atoms with Crippen LogP contribution in [0.25, 0.3) is 11.2 Å². The van der Waals surface area contributed by atoms with Gasteiger partial charge in [0.05, 0.1) is 18.6 Å². The lowest BCUT2D eigenvalue weighted by molar-refractivity contribution is -0.250. The number of ether oxygens (including phenoxy) is 4. The van der Waals surface area contributed by atoms with Crippen molar-refractivity contribution >= 4 is 82.2 Å². The van der Waals surface area contributed by atoms with Gasteiger partial charge in [0.15, 0.2) is 16.8 Å². The third kappa shape index (κ3) is 7.91. The zero-order valence-electron chi connectivity index (χ0n) is 21.8. The van der Waals surface area contributed by atoms with Crippen LogP contribution in [0.4, 0.5) is 11.6 Å². The van der Waals surface area contributed by atoms with Crippen LogP contribution in [0.15, 0.2) is 17.1 Å². The standard InChI is InChI=1S/C18H21N6O16P3S2/c19-18-22-13-10(15(44)23-18)20-5-24(13)16-12-11(9(36-16)2-35-42(30,31)40-43(32,33)39-41(27,28)29)37-17(38-12)14(26)21-8-4-45-3-7(8)1-34-6-25/h3-6,9,11-12,16-17H,1-2H2,(H,21,26)(H,30,31)(H,32,33)(H2,27,28,29)(H3,19,22,23,44)/p-3. The molecule has 246 valence electrons. The predicted molar refractivity (Wildman–Crippen MR) is 142 cm³/mol. The molecule has 2 aliphatic heterocycles. The zero-order valence-corrected chi connectivity index (χ0v) is 26.1. The van der Waals surface area contributed by atoms with Gasteiger partial charge < -0.3 is 59.1 Å². The number of carbonyl (C=O) groups excluding carboxylic acids is 2. The van der Waals surface area contributed by atoms with E-state index in [0.29, 0.717) is 11.3 Å². The number of nitrogens with two attached hydrogens (primary N) is 1. The topological polar surface area (TPSA) is 324 Å². The average molecular weight is 731 g/mol. The van der Waals surface area contributed by atoms with E-state index in [1.165, 1.54) is 22.2 Å². The maximum Gasteiger partial charge on any atom is 0.293 e. The number of aromatic amines is 1. The summed E-state index contributed by atoms with van der Waals surface area (Å²) < 4.78 is 69.5. The van der Waals surface area contributed by atoms with Gasteiger partial charge in [-0.15, -0.1) is 11.3 Å². The summed E-state index contributed by atoms with van der Waals surface area (Å²) in [5.41, 5.74) is 6.92. The van der Waals surface area contributed by atoms with E-state index >= 15 is 0 Å². The fourth-order valence-electron chi connectivity index (χ4n) is 4.27.